The first-order chi connectivity index (χ1) is 15.0. The monoisotopic (exact) mass is 448 g/mol. The van der Waals surface area contributed by atoms with Crippen LogP contribution in [-0.2, 0) is 18.0 Å². The van der Waals surface area contributed by atoms with Crippen molar-refractivity contribution in [3.8, 4) is 16.9 Å². The Morgan fingerprint density at radius 2 is 1.81 bits per heavy atom. The first-order valence-electron chi connectivity index (χ1n) is 9.34. The fourth-order valence-corrected chi connectivity index (χ4v) is 2.88. The Bertz CT molecular complexity index is 1210. The highest BCUT2D eigenvalue weighted by Crippen LogP contribution is 2.30. The fourth-order valence-electron chi connectivity index (χ4n) is 2.88. The van der Waals surface area contributed by atoms with Gasteiger partial charge in [-0.15, -0.1) is 0 Å². The zero-order valence-electron chi connectivity index (χ0n) is 17.3. The Morgan fingerprint density at radius 1 is 1.16 bits per heavy atom. The first-order valence-corrected chi connectivity index (χ1v) is 9.34. The summed E-state index contributed by atoms with van der Waals surface area (Å²) >= 11 is 0. The van der Waals surface area contributed by atoms with E-state index in [1.54, 1.807) is 7.05 Å². The van der Waals surface area contributed by atoms with E-state index < -0.39 is 35.2 Å². The van der Waals surface area contributed by atoms with Gasteiger partial charge in [0.2, 0.25) is 5.91 Å². The minimum atomic E-state index is -4.51. The van der Waals surface area contributed by atoms with Gasteiger partial charge < -0.3 is 10.6 Å². The summed E-state index contributed by atoms with van der Waals surface area (Å²) in [5.74, 6) is -1.30. The van der Waals surface area contributed by atoms with E-state index in [1.807, 2.05) is 0 Å². The third kappa shape index (κ3) is 4.68. The Kier molecular flexibility index (Phi) is 6.14. The van der Waals surface area contributed by atoms with Crippen LogP contribution in [0, 0.1) is 0 Å². The molecule has 2 aromatic heterocycles. The lowest BCUT2D eigenvalue weighted by Gasteiger charge is -2.14. The van der Waals surface area contributed by atoms with Crippen LogP contribution in [0.1, 0.15) is 22.8 Å². The summed E-state index contributed by atoms with van der Waals surface area (Å²) in [6, 6.07) is 4.38. The van der Waals surface area contributed by atoms with Gasteiger partial charge in [0.25, 0.3) is 11.5 Å². The lowest BCUT2D eigenvalue weighted by Crippen LogP contribution is -2.45. The number of aryl methyl sites for hydroxylation is 1. The summed E-state index contributed by atoms with van der Waals surface area (Å²) in [6.07, 6.45) is -1.68. The third-order valence-electron chi connectivity index (χ3n) is 4.59. The third-order valence-corrected chi connectivity index (χ3v) is 4.59. The van der Waals surface area contributed by atoms with E-state index in [0.29, 0.717) is 0 Å². The fraction of sp³-hybridized carbons (Fsp3) is 0.250. The van der Waals surface area contributed by atoms with Crippen molar-refractivity contribution < 1.29 is 22.8 Å². The molecule has 0 spiro atoms. The highest BCUT2D eigenvalue weighted by atomic mass is 19.4. The molecule has 12 heteroatoms. The molecule has 0 aliphatic carbocycles. The molecule has 0 saturated heterocycles. The minimum absolute atomic E-state index is 0.0833. The predicted molar refractivity (Wildman–Crippen MR) is 108 cm³/mol. The van der Waals surface area contributed by atoms with E-state index in [2.05, 4.69) is 20.8 Å². The first kappa shape index (κ1) is 22.7. The summed E-state index contributed by atoms with van der Waals surface area (Å²) in [4.78, 5) is 37.4. The Balaban J connectivity index is 2.12. The standard InChI is InChI=1S/C20H19F3N6O3/c1-11(17(30)24-2)26-18(31)15-8-16(12-4-6-13(7-5-12)20(21,22)23)27-29(19(15)32)14-9-25-28(3)10-14/h4-11H,1-3H3,(H,24,30)(H,26,31)/t11-/m0/s1. The largest absolute Gasteiger partial charge is 0.416 e. The van der Waals surface area contributed by atoms with Crippen LogP contribution in [0.3, 0.4) is 0 Å². The topological polar surface area (TPSA) is 111 Å². The van der Waals surface area contributed by atoms with E-state index in [-0.39, 0.29) is 22.5 Å². The molecule has 0 aliphatic heterocycles. The molecule has 9 nitrogen and oxygen atoms in total. The second-order valence-electron chi connectivity index (χ2n) is 6.92. The van der Waals surface area contributed by atoms with Crippen LogP contribution in [0.2, 0.25) is 0 Å². The number of carbonyl (C=O) groups excluding carboxylic acids is 2. The van der Waals surface area contributed by atoms with Crippen LogP contribution in [-0.4, -0.2) is 44.5 Å². The molecule has 0 fully saturated rings. The molecule has 3 rings (SSSR count). The smallest absolute Gasteiger partial charge is 0.357 e. The van der Waals surface area contributed by atoms with E-state index >= 15 is 0 Å². The number of hydrogen-bond donors (Lipinski definition) is 2. The molecule has 2 N–H and O–H groups in total. The molecule has 0 bridgehead atoms. The SMILES string of the molecule is CNC(=O)[C@H](C)NC(=O)c1cc(-c2ccc(C(F)(F)F)cc2)nn(-c2cnn(C)c2)c1=O. The average Bonchev–Trinajstić information content (AvgIpc) is 3.18. The molecular weight excluding hydrogens is 429 g/mol. The highest BCUT2D eigenvalue weighted by molar-refractivity contribution is 5.97. The van der Waals surface area contributed by atoms with Gasteiger partial charge in [0.1, 0.15) is 17.3 Å². The molecule has 2 heterocycles. The average molecular weight is 448 g/mol. The number of nitrogens with zero attached hydrogens (tertiary/aromatic N) is 4. The second-order valence-corrected chi connectivity index (χ2v) is 6.92. The highest BCUT2D eigenvalue weighted by Gasteiger charge is 2.30. The van der Waals surface area contributed by atoms with Crippen molar-refractivity contribution in [1.82, 2.24) is 30.2 Å². The molecule has 3 aromatic rings. The Hall–Kier alpha value is -3.96. The maximum atomic E-state index is 13.0. The maximum absolute atomic E-state index is 13.0. The zero-order chi connectivity index (χ0) is 23.6. The molecule has 168 valence electrons. The van der Waals surface area contributed by atoms with Gasteiger partial charge in [0, 0.05) is 19.7 Å². The van der Waals surface area contributed by atoms with Gasteiger partial charge in [-0.05, 0) is 25.1 Å². The van der Waals surface area contributed by atoms with E-state index in [4.69, 9.17) is 0 Å². The molecule has 0 aliphatic rings. The maximum Gasteiger partial charge on any atom is 0.416 e. The lowest BCUT2D eigenvalue weighted by molar-refractivity contribution is -0.137. The molecule has 0 saturated carbocycles. The van der Waals surface area contributed by atoms with Crippen LogP contribution in [0.4, 0.5) is 13.2 Å². The summed E-state index contributed by atoms with van der Waals surface area (Å²) in [5.41, 5.74) is -1.38. The van der Waals surface area contributed by atoms with Crippen molar-refractivity contribution >= 4 is 11.8 Å². The normalized spacial score (nSPS) is 12.3. The van der Waals surface area contributed by atoms with Crippen LogP contribution in [0.25, 0.3) is 16.9 Å². The molecule has 32 heavy (non-hydrogen) atoms. The summed E-state index contributed by atoms with van der Waals surface area (Å²) < 4.78 is 41.0. The van der Waals surface area contributed by atoms with Crippen LogP contribution < -0.4 is 16.2 Å². The van der Waals surface area contributed by atoms with Crippen molar-refractivity contribution in [3.63, 3.8) is 0 Å². The van der Waals surface area contributed by atoms with Crippen molar-refractivity contribution in [2.45, 2.75) is 19.1 Å². The summed E-state index contributed by atoms with van der Waals surface area (Å²) in [6.45, 7) is 1.44. The Labute approximate surface area is 179 Å². The van der Waals surface area contributed by atoms with Crippen molar-refractivity contribution in [1.29, 1.82) is 0 Å². The van der Waals surface area contributed by atoms with Gasteiger partial charge >= 0.3 is 6.18 Å². The van der Waals surface area contributed by atoms with E-state index in [0.717, 1.165) is 16.8 Å². The quantitative estimate of drug-likeness (QED) is 0.615. The number of hydrogen-bond acceptors (Lipinski definition) is 5. The number of halogens is 3. The minimum Gasteiger partial charge on any atom is -0.357 e. The number of benzene rings is 1. The zero-order valence-corrected chi connectivity index (χ0v) is 17.3. The van der Waals surface area contributed by atoms with Gasteiger partial charge in [0.15, 0.2) is 0 Å². The number of likely N-dealkylation sites (N-methyl/N-ethyl adjacent to an activating group) is 1. The number of nitrogens with one attached hydrogen (secondary N) is 2. The van der Waals surface area contributed by atoms with Gasteiger partial charge in [-0.25, -0.2) is 0 Å². The van der Waals surface area contributed by atoms with Crippen molar-refractivity contribution in [2.75, 3.05) is 7.05 Å². The second kappa shape index (κ2) is 8.65. The van der Waals surface area contributed by atoms with Crippen LogP contribution in [0.15, 0.2) is 47.5 Å². The Morgan fingerprint density at radius 3 is 2.34 bits per heavy atom. The van der Waals surface area contributed by atoms with E-state index in [1.165, 1.54) is 49.2 Å². The van der Waals surface area contributed by atoms with Crippen LogP contribution >= 0.6 is 0 Å². The number of alkyl halides is 3. The van der Waals surface area contributed by atoms with Crippen molar-refractivity contribution in [3.05, 3.63) is 64.2 Å². The van der Waals surface area contributed by atoms with Gasteiger partial charge in [-0.1, -0.05) is 12.1 Å². The predicted octanol–water partition coefficient (Wildman–Crippen LogP) is 1.52. The summed E-state index contributed by atoms with van der Waals surface area (Å²) in [7, 11) is 3.02. The van der Waals surface area contributed by atoms with Crippen molar-refractivity contribution in [2.24, 2.45) is 7.05 Å². The molecular formula is C20H19F3N6O3. The van der Waals surface area contributed by atoms with Gasteiger partial charge in [-0.3, -0.25) is 19.1 Å². The lowest BCUT2D eigenvalue weighted by atomic mass is 10.1. The van der Waals surface area contributed by atoms with Crippen LogP contribution in [0.5, 0.6) is 0 Å². The van der Waals surface area contributed by atoms with Gasteiger partial charge in [0.05, 0.1) is 23.7 Å². The number of amides is 2. The van der Waals surface area contributed by atoms with Gasteiger partial charge in [-0.2, -0.15) is 28.1 Å². The molecule has 1 atom stereocenters. The molecule has 1 aromatic carbocycles. The summed E-state index contributed by atoms with van der Waals surface area (Å²) in [5, 5.41) is 13.0. The molecule has 0 radical (unpaired) electrons. The number of rotatable bonds is 5. The number of aromatic nitrogens is 4. The van der Waals surface area contributed by atoms with E-state index in [9.17, 15) is 27.6 Å². The molecule has 0 unspecified atom stereocenters. The molecule has 2 amide bonds. The number of carbonyl (C=O) groups is 2.